The number of unbranched alkanes of at least 4 members (excludes halogenated alkanes) is 2. The van der Waals surface area contributed by atoms with E-state index in [2.05, 4.69) is 0 Å². The molecule has 8 atom stereocenters. The minimum absolute atomic E-state index is 0.0490. The summed E-state index contributed by atoms with van der Waals surface area (Å²) in [5.41, 5.74) is -0.0742. The van der Waals surface area contributed by atoms with Crippen molar-refractivity contribution in [3.63, 3.8) is 0 Å². The van der Waals surface area contributed by atoms with Crippen molar-refractivity contribution in [1.29, 1.82) is 0 Å². The van der Waals surface area contributed by atoms with Gasteiger partial charge in [-0.2, -0.15) is 0 Å². The Balaban J connectivity index is 1.90. The van der Waals surface area contributed by atoms with Crippen molar-refractivity contribution in [2.45, 2.75) is 110 Å². The molecule has 1 spiro atoms. The molecular formula is C31H45NO8. The van der Waals surface area contributed by atoms with Crippen LogP contribution in [0.2, 0.25) is 0 Å². The number of carbonyl (C=O) groups excluding carboxylic acids is 3. The Morgan fingerprint density at radius 1 is 1.23 bits per heavy atom. The molecule has 0 aromatic rings. The molecule has 0 aliphatic heterocycles. The fraction of sp³-hybridized carbons (Fsp3) is 0.710. The van der Waals surface area contributed by atoms with Crippen LogP contribution in [0.25, 0.3) is 0 Å². The summed E-state index contributed by atoms with van der Waals surface area (Å²) in [6.45, 7) is 11.8. The quantitative estimate of drug-likeness (QED) is 0.152. The summed E-state index contributed by atoms with van der Waals surface area (Å²) < 4.78 is 12.0. The van der Waals surface area contributed by atoms with E-state index in [4.69, 9.17) is 15.2 Å². The molecule has 0 radical (unpaired) electrons. The minimum Gasteiger partial charge on any atom is -0.458 e. The minimum atomic E-state index is -2.36. The van der Waals surface area contributed by atoms with Gasteiger partial charge >= 0.3 is 11.9 Å². The molecular weight excluding hydrogens is 514 g/mol. The average Bonchev–Trinajstić information content (AvgIpc) is 3.30. The third-order valence-corrected chi connectivity index (χ3v) is 10.4. The fourth-order valence-corrected chi connectivity index (χ4v) is 8.23. The number of aliphatic hydroxyl groups excluding tert-OH is 2. The highest BCUT2D eigenvalue weighted by atomic mass is 16.6. The first-order chi connectivity index (χ1) is 18.6. The standard InChI is InChI=1S/C31H45NO8/c1-8-10-11-12-21(34)40-30-14-19(5)28-13-18(4)23(39-24(36)17(3)9-2)31(28,38)22(35)20(16-33)15-29(32,26(28)37)25(30)27(30,6)7/h9,13,15,19,22-23,25,33,35,38H,8,10-12,14,16,32H2,1-7H3/b17-9-/t19-,22-,23+,25+,28+,29-,30+,31+/m1/s1. The monoisotopic (exact) mass is 559 g/mol. The fourth-order valence-electron chi connectivity index (χ4n) is 8.23. The number of fused-ring (bicyclic) bond motifs is 3. The largest absolute Gasteiger partial charge is 0.458 e. The second-order valence-corrected chi connectivity index (χ2v) is 13.0. The number of nitrogens with two attached hydrogens (primary N) is 1. The maximum Gasteiger partial charge on any atom is 0.334 e. The number of Topliss-reactive ketones (excluding diaryl/α,β-unsaturated/α-hetero) is 1. The second kappa shape index (κ2) is 9.89. The van der Waals surface area contributed by atoms with E-state index in [1.165, 1.54) is 6.08 Å². The van der Waals surface area contributed by atoms with Crippen LogP contribution in [0.3, 0.4) is 0 Å². The van der Waals surface area contributed by atoms with Crippen LogP contribution in [-0.4, -0.2) is 68.6 Å². The van der Waals surface area contributed by atoms with Crippen molar-refractivity contribution in [2.75, 3.05) is 6.61 Å². The summed E-state index contributed by atoms with van der Waals surface area (Å²) in [5, 5.41) is 34.7. The normalized spacial score (nSPS) is 41.6. The predicted molar refractivity (Wildman–Crippen MR) is 148 cm³/mol. The van der Waals surface area contributed by atoms with E-state index < -0.39 is 70.0 Å². The number of hydrogen-bond donors (Lipinski definition) is 4. The SMILES string of the molecule is C/C=C(/C)C(=O)O[C@H]1C(C)=C[C@]23C(=O)[C@@](N)(C=C(CO)[C@@H](O)[C@]12O)[C@@H]1C(C)(C)[C@]1(OC(=O)CCCCC)C[C@H]3C. The van der Waals surface area contributed by atoms with Gasteiger partial charge in [-0.15, -0.1) is 0 Å². The third-order valence-electron chi connectivity index (χ3n) is 10.4. The summed E-state index contributed by atoms with van der Waals surface area (Å²) in [7, 11) is 0. The molecule has 0 aromatic heterocycles. The molecule has 2 bridgehead atoms. The number of aliphatic hydroxyl groups is 3. The first kappa shape index (κ1) is 30.6. The van der Waals surface area contributed by atoms with Gasteiger partial charge in [-0.3, -0.25) is 9.59 Å². The van der Waals surface area contributed by atoms with Crippen molar-refractivity contribution < 1.29 is 39.2 Å². The molecule has 0 unspecified atom stereocenters. The topological polar surface area (TPSA) is 156 Å². The molecule has 0 heterocycles. The lowest BCUT2D eigenvalue weighted by atomic mass is 9.58. The van der Waals surface area contributed by atoms with Crippen LogP contribution in [0.15, 0.2) is 34.9 Å². The number of esters is 2. The molecule has 0 aromatic carbocycles. The molecule has 4 aliphatic rings. The zero-order valence-corrected chi connectivity index (χ0v) is 24.7. The molecule has 0 saturated heterocycles. The number of ketones is 1. The Bertz CT molecular complexity index is 1200. The first-order valence-electron chi connectivity index (χ1n) is 14.4. The van der Waals surface area contributed by atoms with Crippen LogP contribution < -0.4 is 5.73 Å². The van der Waals surface area contributed by atoms with Gasteiger partial charge < -0.3 is 30.5 Å². The molecule has 4 aliphatic carbocycles. The van der Waals surface area contributed by atoms with Crippen molar-refractivity contribution >= 4 is 17.7 Å². The van der Waals surface area contributed by atoms with E-state index in [-0.39, 0.29) is 24.4 Å². The number of allylic oxidation sites excluding steroid dienone is 1. The van der Waals surface area contributed by atoms with Gasteiger partial charge in [0.15, 0.2) is 17.5 Å². The summed E-state index contributed by atoms with van der Waals surface area (Å²) in [4.78, 5) is 40.8. The van der Waals surface area contributed by atoms with Crippen LogP contribution in [0.4, 0.5) is 0 Å². The van der Waals surface area contributed by atoms with E-state index in [9.17, 15) is 29.7 Å². The van der Waals surface area contributed by atoms with Gasteiger partial charge in [-0.05, 0) is 50.7 Å². The Labute approximate surface area is 236 Å². The molecule has 5 N–H and O–H groups in total. The van der Waals surface area contributed by atoms with Crippen LogP contribution >= 0.6 is 0 Å². The maximum atomic E-state index is 14.9. The number of hydrogen-bond acceptors (Lipinski definition) is 9. The lowest BCUT2D eigenvalue weighted by molar-refractivity contribution is -0.203. The first-order valence-corrected chi connectivity index (χ1v) is 14.4. The molecule has 0 amide bonds. The Hall–Kier alpha value is -2.33. The van der Waals surface area contributed by atoms with Gasteiger partial charge in [0, 0.05) is 23.3 Å². The molecule has 9 nitrogen and oxygen atoms in total. The van der Waals surface area contributed by atoms with Crippen molar-refractivity contribution in [3.05, 3.63) is 34.9 Å². The van der Waals surface area contributed by atoms with E-state index in [1.54, 1.807) is 39.8 Å². The summed E-state index contributed by atoms with van der Waals surface area (Å²) >= 11 is 0. The molecule has 9 heteroatoms. The number of rotatable bonds is 8. The van der Waals surface area contributed by atoms with Gasteiger partial charge in [0.05, 0.1) is 12.0 Å². The van der Waals surface area contributed by atoms with E-state index in [1.807, 2.05) is 20.8 Å². The highest BCUT2D eigenvalue weighted by Gasteiger charge is 2.86. The summed E-state index contributed by atoms with van der Waals surface area (Å²) in [6, 6.07) is 0. The van der Waals surface area contributed by atoms with Crippen LogP contribution in [0.5, 0.6) is 0 Å². The van der Waals surface area contributed by atoms with Crippen LogP contribution in [0.1, 0.15) is 80.6 Å². The lowest BCUT2D eigenvalue weighted by Gasteiger charge is -2.49. The number of carbonyl (C=O) groups is 3. The summed E-state index contributed by atoms with van der Waals surface area (Å²) in [6.07, 6.45) is 4.31. The van der Waals surface area contributed by atoms with Crippen LogP contribution in [-0.2, 0) is 23.9 Å². The molecule has 2 fully saturated rings. The molecule has 222 valence electrons. The van der Waals surface area contributed by atoms with Gasteiger partial charge in [-0.25, -0.2) is 4.79 Å². The van der Waals surface area contributed by atoms with Crippen molar-refractivity contribution in [2.24, 2.45) is 28.4 Å². The lowest BCUT2D eigenvalue weighted by Crippen LogP contribution is -2.68. The van der Waals surface area contributed by atoms with Gasteiger partial charge in [-0.1, -0.05) is 58.8 Å². The smallest absolute Gasteiger partial charge is 0.334 e. The second-order valence-electron chi connectivity index (χ2n) is 13.0. The maximum absolute atomic E-state index is 14.9. The zero-order chi connectivity index (χ0) is 30.1. The van der Waals surface area contributed by atoms with E-state index >= 15 is 0 Å². The van der Waals surface area contributed by atoms with Gasteiger partial charge in [0.25, 0.3) is 0 Å². The third kappa shape index (κ3) is 3.77. The van der Waals surface area contributed by atoms with Crippen LogP contribution in [0, 0.1) is 22.7 Å². The highest BCUT2D eigenvalue weighted by molar-refractivity contribution is 6.02. The average molecular weight is 560 g/mol. The number of ether oxygens (including phenoxy) is 2. The zero-order valence-electron chi connectivity index (χ0n) is 24.7. The van der Waals surface area contributed by atoms with Crippen molar-refractivity contribution in [3.8, 4) is 0 Å². The molecule has 40 heavy (non-hydrogen) atoms. The Kier molecular flexibility index (Phi) is 7.58. The van der Waals surface area contributed by atoms with Crippen molar-refractivity contribution in [1.82, 2.24) is 0 Å². The summed E-state index contributed by atoms with van der Waals surface area (Å²) in [5.74, 6) is -2.99. The molecule has 2 saturated carbocycles. The van der Waals surface area contributed by atoms with Gasteiger partial charge in [0.1, 0.15) is 17.2 Å². The highest BCUT2D eigenvalue weighted by Crippen LogP contribution is 2.75. The predicted octanol–water partition coefficient (Wildman–Crippen LogP) is 2.66. The van der Waals surface area contributed by atoms with E-state index in [0.717, 1.165) is 12.8 Å². The van der Waals surface area contributed by atoms with Gasteiger partial charge in [0.2, 0.25) is 0 Å². The Morgan fingerprint density at radius 2 is 1.88 bits per heavy atom. The molecule has 4 rings (SSSR count). The Morgan fingerprint density at radius 3 is 2.45 bits per heavy atom. The van der Waals surface area contributed by atoms with E-state index in [0.29, 0.717) is 17.6 Å².